The maximum absolute atomic E-state index is 12.7. The van der Waals surface area contributed by atoms with Crippen molar-refractivity contribution in [1.82, 2.24) is 5.32 Å². The molecule has 0 heterocycles. The highest BCUT2D eigenvalue weighted by Crippen LogP contribution is 2.12. The number of rotatable bonds is 4. The van der Waals surface area contributed by atoms with Crippen LogP contribution in [0.1, 0.15) is 24.1 Å². The molecule has 0 aliphatic heterocycles. The second-order valence-corrected chi connectivity index (χ2v) is 4.14. The summed E-state index contributed by atoms with van der Waals surface area (Å²) in [5.74, 6) is -0.190. The van der Waals surface area contributed by atoms with Crippen LogP contribution in [0.3, 0.4) is 0 Å². The van der Waals surface area contributed by atoms with Crippen molar-refractivity contribution in [3.8, 4) is 0 Å². The van der Waals surface area contributed by atoms with Gasteiger partial charge in [-0.15, -0.1) is 0 Å². The zero-order chi connectivity index (χ0) is 12.1. The molecular weight excluding hydrogens is 213 g/mol. The molecule has 0 spiro atoms. The molecule has 88 valence electrons. The van der Waals surface area contributed by atoms with Gasteiger partial charge in [0, 0.05) is 12.6 Å². The summed E-state index contributed by atoms with van der Waals surface area (Å²) < 4.78 is 12.7. The third-order valence-electron chi connectivity index (χ3n) is 2.83. The molecule has 2 heteroatoms. The third-order valence-corrected chi connectivity index (χ3v) is 2.83. The molecule has 0 aliphatic rings. The Kier molecular flexibility index (Phi) is 3.89. The van der Waals surface area contributed by atoms with Crippen molar-refractivity contribution < 1.29 is 4.39 Å². The summed E-state index contributed by atoms with van der Waals surface area (Å²) >= 11 is 0. The number of nitrogens with one attached hydrogen (secondary N) is 1. The van der Waals surface area contributed by atoms with E-state index in [1.54, 1.807) is 12.1 Å². The van der Waals surface area contributed by atoms with Crippen LogP contribution in [0.25, 0.3) is 0 Å². The largest absolute Gasteiger partial charge is 0.306 e. The molecule has 0 fully saturated rings. The molecule has 0 bridgehead atoms. The Morgan fingerprint density at radius 2 is 1.65 bits per heavy atom. The average Bonchev–Trinajstić information content (AvgIpc) is 2.39. The average molecular weight is 229 g/mol. The van der Waals surface area contributed by atoms with Gasteiger partial charge in [-0.3, -0.25) is 0 Å². The van der Waals surface area contributed by atoms with E-state index < -0.39 is 0 Å². The molecule has 1 N–H and O–H groups in total. The quantitative estimate of drug-likeness (QED) is 0.843. The number of halogens is 1. The normalized spacial score (nSPS) is 12.4. The topological polar surface area (TPSA) is 12.0 Å². The summed E-state index contributed by atoms with van der Waals surface area (Å²) in [6.45, 7) is 2.87. The van der Waals surface area contributed by atoms with E-state index in [1.165, 1.54) is 17.7 Å². The number of hydrogen-bond acceptors (Lipinski definition) is 1. The summed E-state index contributed by atoms with van der Waals surface area (Å²) in [5.41, 5.74) is 2.35. The summed E-state index contributed by atoms with van der Waals surface area (Å²) in [6, 6.07) is 17.2. The molecule has 17 heavy (non-hydrogen) atoms. The molecule has 0 radical (unpaired) electrons. The molecule has 0 aromatic heterocycles. The van der Waals surface area contributed by atoms with Gasteiger partial charge >= 0.3 is 0 Å². The lowest BCUT2D eigenvalue weighted by molar-refractivity contribution is 0.573. The molecule has 2 aromatic carbocycles. The molecule has 0 saturated heterocycles. The van der Waals surface area contributed by atoms with E-state index in [1.807, 2.05) is 18.2 Å². The molecule has 0 aliphatic carbocycles. The van der Waals surface area contributed by atoms with Crippen LogP contribution < -0.4 is 5.32 Å². The molecule has 1 atom stereocenters. The molecule has 0 unspecified atom stereocenters. The minimum atomic E-state index is -0.190. The molecule has 2 rings (SSSR count). The number of hydrogen-bond donors (Lipinski definition) is 1. The van der Waals surface area contributed by atoms with Crippen LogP contribution in [-0.2, 0) is 6.54 Å². The highest BCUT2D eigenvalue weighted by Gasteiger charge is 2.03. The lowest BCUT2D eigenvalue weighted by Crippen LogP contribution is -2.17. The molecule has 0 saturated carbocycles. The summed E-state index contributed by atoms with van der Waals surface area (Å²) in [4.78, 5) is 0. The van der Waals surface area contributed by atoms with Crippen LogP contribution in [-0.4, -0.2) is 0 Å². The van der Waals surface area contributed by atoms with Gasteiger partial charge in [-0.1, -0.05) is 42.5 Å². The SMILES string of the molecule is C[C@H](NCc1ccc(F)cc1)c1ccccc1. The van der Waals surface area contributed by atoms with Crippen LogP contribution in [0.4, 0.5) is 4.39 Å². The lowest BCUT2D eigenvalue weighted by atomic mass is 10.1. The van der Waals surface area contributed by atoms with Gasteiger partial charge in [0.05, 0.1) is 0 Å². The maximum atomic E-state index is 12.7. The van der Waals surface area contributed by atoms with Crippen LogP contribution >= 0.6 is 0 Å². The van der Waals surface area contributed by atoms with Gasteiger partial charge in [0.25, 0.3) is 0 Å². The Morgan fingerprint density at radius 3 is 2.29 bits per heavy atom. The van der Waals surface area contributed by atoms with Crippen molar-refractivity contribution in [3.05, 3.63) is 71.5 Å². The van der Waals surface area contributed by atoms with Crippen LogP contribution in [0.15, 0.2) is 54.6 Å². The smallest absolute Gasteiger partial charge is 0.123 e. The van der Waals surface area contributed by atoms with E-state index in [9.17, 15) is 4.39 Å². The van der Waals surface area contributed by atoms with Crippen molar-refractivity contribution in [2.75, 3.05) is 0 Å². The van der Waals surface area contributed by atoms with E-state index >= 15 is 0 Å². The fourth-order valence-corrected chi connectivity index (χ4v) is 1.73. The highest BCUT2D eigenvalue weighted by molar-refractivity contribution is 5.19. The minimum Gasteiger partial charge on any atom is -0.306 e. The fourth-order valence-electron chi connectivity index (χ4n) is 1.73. The summed E-state index contributed by atoms with van der Waals surface area (Å²) in [6.07, 6.45) is 0. The van der Waals surface area contributed by atoms with Crippen molar-refractivity contribution in [2.45, 2.75) is 19.5 Å². The third kappa shape index (κ3) is 3.40. The highest BCUT2D eigenvalue weighted by atomic mass is 19.1. The van der Waals surface area contributed by atoms with Crippen molar-refractivity contribution >= 4 is 0 Å². The first kappa shape index (κ1) is 11.8. The van der Waals surface area contributed by atoms with Crippen LogP contribution in [0, 0.1) is 5.82 Å². The maximum Gasteiger partial charge on any atom is 0.123 e. The molecular formula is C15H16FN. The first-order chi connectivity index (χ1) is 8.25. The Bertz CT molecular complexity index is 450. The van der Waals surface area contributed by atoms with E-state index in [4.69, 9.17) is 0 Å². The Labute approximate surface area is 101 Å². The predicted octanol–water partition coefficient (Wildman–Crippen LogP) is 3.68. The van der Waals surface area contributed by atoms with Gasteiger partial charge in [0.2, 0.25) is 0 Å². The Morgan fingerprint density at radius 1 is 1.00 bits per heavy atom. The second-order valence-electron chi connectivity index (χ2n) is 4.14. The van der Waals surface area contributed by atoms with Crippen molar-refractivity contribution in [2.24, 2.45) is 0 Å². The minimum absolute atomic E-state index is 0.190. The van der Waals surface area contributed by atoms with Gasteiger partial charge in [-0.25, -0.2) is 4.39 Å². The van der Waals surface area contributed by atoms with Crippen molar-refractivity contribution in [1.29, 1.82) is 0 Å². The summed E-state index contributed by atoms with van der Waals surface area (Å²) in [5, 5.41) is 3.41. The van der Waals surface area contributed by atoms with E-state index in [2.05, 4.69) is 24.4 Å². The standard InChI is InChI=1S/C15H16FN/c1-12(14-5-3-2-4-6-14)17-11-13-7-9-15(16)10-8-13/h2-10,12,17H,11H2,1H3/t12-/m0/s1. The van der Waals surface area contributed by atoms with Gasteiger partial charge < -0.3 is 5.32 Å². The van der Waals surface area contributed by atoms with Gasteiger partial charge in [0.1, 0.15) is 5.82 Å². The lowest BCUT2D eigenvalue weighted by Gasteiger charge is -2.14. The van der Waals surface area contributed by atoms with E-state index in [0.29, 0.717) is 6.04 Å². The zero-order valence-corrected chi connectivity index (χ0v) is 9.86. The predicted molar refractivity (Wildman–Crippen MR) is 68.1 cm³/mol. The van der Waals surface area contributed by atoms with Gasteiger partial charge in [0.15, 0.2) is 0 Å². The second kappa shape index (κ2) is 5.60. The van der Waals surface area contributed by atoms with Crippen LogP contribution in [0.5, 0.6) is 0 Å². The zero-order valence-electron chi connectivity index (χ0n) is 9.86. The summed E-state index contributed by atoms with van der Waals surface area (Å²) in [7, 11) is 0. The van der Waals surface area contributed by atoms with Crippen molar-refractivity contribution in [3.63, 3.8) is 0 Å². The van der Waals surface area contributed by atoms with E-state index in [-0.39, 0.29) is 5.82 Å². The molecule has 2 aromatic rings. The Balaban J connectivity index is 1.92. The van der Waals surface area contributed by atoms with Gasteiger partial charge in [-0.2, -0.15) is 0 Å². The van der Waals surface area contributed by atoms with Crippen LogP contribution in [0.2, 0.25) is 0 Å². The first-order valence-corrected chi connectivity index (χ1v) is 5.78. The van der Waals surface area contributed by atoms with Gasteiger partial charge in [-0.05, 0) is 30.2 Å². The first-order valence-electron chi connectivity index (χ1n) is 5.78. The molecule has 1 nitrogen and oxygen atoms in total. The fraction of sp³-hybridized carbons (Fsp3) is 0.200. The van der Waals surface area contributed by atoms with E-state index in [0.717, 1.165) is 12.1 Å². The molecule has 0 amide bonds. The number of benzene rings is 2. The monoisotopic (exact) mass is 229 g/mol. The Hall–Kier alpha value is -1.67.